The molecule has 0 heterocycles. The summed E-state index contributed by atoms with van der Waals surface area (Å²) in [4.78, 5) is 10.2. The van der Waals surface area contributed by atoms with Crippen LogP contribution in [0.2, 0.25) is 0 Å². The van der Waals surface area contributed by atoms with Gasteiger partial charge in [-0.3, -0.25) is 0 Å². The normalized spacial score (nSPS) is 16.1. The van der Waals surface area contributed by atoms with Crippen molar-refractivity contribution < 1.29 is 15.0 Å². The van der Waals surface area contributed by atoms with Crippen molar-refractivity contribution in [3.8, 4) is 0 Å². The Morgan fingerprint density at radius 2 is 1.92 bits per heavy atom. The second-order valence-corrected chi connectivity index (χ2v) is 3.48. The Morgan fingerprint density at radius 3 is 2.25 bits per heavy atom. The van der Waals surface area contributed by atoms with Crippen molar-refractivity contribution in [2.75, 3.05) is 0 Å². The Balaban J connectivity index is 3.68. The van der Waals surface area contributed by atoms with Gasteiger partial charge in [0.1, 0.15) is 0 Å². The smallest absolute Gasteiger partial charge is 0.332 e. The van der Waals surface area contributed by atoms with Gasteiger partial charge in [0.2, 0.25) is 0 Å². The molecule has 0 amide bonds. The summed E-state index contributed by atoms with van der Waals surface area (Å²) < 4.78 is 0. The summed E-state index contributed by atoms with van der Waals surface area (Å²) >= 11 is 0. The number of carboxylic acids is 1. The molecule has 0 aromatic rings. The Labute approximate surface area is 72.4 Å². The number of carbonyl (C=O) groups is 1. The van der Waals surface area contributed by atoms with Crippen LogP contribution in [0.1, 0.15) is 26.7 Å². The second-order valence-electron chi connectivity index (χ2n) is 3.48. The van der Waals surface area contributed by atoms with Crippen molar-refractivity contribution in [3.05, 3.63) is 0 Å². The molecule has 0 saturated heterocycles. The average Bonchev–Trinajstić information content (AvgIpc) is 1.84. The van der Waals surface area contributed by atoms with Crippen LogP contribution in [0.5, 0.6) is 0 Å². The van der Waals surface area contributed by atoms with E-state index in [9.17, 15) is 4.79 Å². The molecule has 0 rings (SSSR count). The number of hydrogen-bond donors (Lipinski definition) is 3. The van der Waals surface area contributed by atoms with Crippen molar-refractivity contribution in [2.45, 2.75) is 38.8 Å². The molecule has 0 fully saturated rings. The Hall–Kier alpha value is -0.610. The predicted octanol–water partition coefficient (Wildman–Crippen LogP) is 0.195. The first-order valence-electron chi connectivity index (χ1n) is 4.10. The number of aliphatic hydroxyl groups is 1. The van der Waals surface area contributed by atoms with Crippen molar-refractivity contribution in [3.63, 3.8) is 0 Å². The lowest BCUT2D eigenvalue weighted by atomic mass is 10.00. The highest BCUT2D eigenvalue weighted by molar-refractivity contribution is 5.71. The maximum absolute atomic E-state index is 10.2. The van der Waals surface area contributed by atoms with Gasteiger partial charge >= 0.3 is 5.97 Å². The van der Waals surface area contributed by atoms with Gasteiger partial charge in [-0.15, -0.1) is 0 Å². The SMILES string of the molecule is CC(C)CC(N)CC(O)C(=O)O. The number of hydrogen-bond acceptors (Lipinski definition) is 3. The molecule has 0 aromatic heterocycles. The maximum Gasteiger partial charge on any atom is 0.332 e. The number of aliphatic hydroxyl groups excluding tert-OH is 1. The summed E-state index contributed by atoms with van der Waals surface area (Å²) in [6.45, 7) is 4.01. The molecular formula is C8H17NO3. The molecule has 0 saturated carbocycles. The third-order valence-corrected chi connectivity index (χ3v) is 1.59. The Morgan fingerprint density at radius 1 is 1.42 bits per heavy atom. The molecule has 0 radical (unpaired) electrons. The standard InChI is InChI=1S/C8H17NO3/c1-5(2)3-6(9)4-7(10)8(11)12/h5-7,10H,3-4,9H2,1-2H3,(H,11,12). The largest absolute Gasteiger partial charge is 0.479 e. The Bertz CT molecular complexity index is 147. The molecule has 4 nitrogen and oxygen atoms in total. The zero-order valence-electron chi connectivity index (χ0n) is 7.53. The molecule has 0 spiro atoms. The lowest BCUT2D eigenvalue weighted by Gasteiger charge is -2.15. The van der Waals surface area contributed by atoms with E-state index in [1.165, 1.54) is 0 Å². The lowest BCUT2D eigenvalue weighted by Crippen LogP contribution is -2.31. The zero-order chi connectivity index (χ0) is 9.72. The van der Waals surface area contributed by atoms with Gasteiger partial charge in [-0.25, -0.2) is 4.79 Å². The van der Waals surface area contributed by atoms with E-state index in [1.54, 1.807) is 0 Å². The number of nitrogens with two attached hydrogens (primary N) is 1. The van der Waals surface area contributed by atoms with Gasteiger partial charge in [0.15, 0.2) is 6.10 Å². The fourth-order valence-corrected chi connectivity index (χ4v) is 1.09. The van der Waals surface area contributed by atoms with Crippen molar-refractivity contribution in [1.82, 2.24) is 0 Å². The quantitative estimate of drug-likeness (QED) is 0.557. The predicted molar refractivity (Wildman–Crippen MR) is 45.7 cm³/mol. The molecule has 4 N–H and O–H groups in total. The second kappa shape index (κ2) is 5.11. The highest BCUT2D eigenvalue weighted by Gasteiger charge is 2.17. The van der Waals surface area contributed by atoms with Crippen LogP contribution in [-0.4, -0.2) is 28.3 Å². The van der Waals surface area contributed by atoms with E-state index in [1.807, 2.05) is 13.8 Å². The van der Waals surface area contributed by atoms with Gasteiger partial charge in [-0.1, -0.05) is 13.8 Å². The molecule has 72 valence electrons. The minimum absolute atomic E-state index is 0.132. The van der Waals surface area contributed by atoms with Crippen LogP contribution >= 0.6 is 0 Å². The lowest BCUT2D eigenvalue weighted by molar-refractivity contribution is -0.147. The van der Waals surface area contributed by atoms with Crippen LogP contribution in [0.4, 0.5) is 0 Å². The number of aliphatic carboxylic acids is 1. The number of rotatable bonds is 5. The first-order valence-corrected chi connectivity index (χ1v) is 4.10. The van der Waals surface area contributed by atoms with E-state index < -0.39 is 12.1 Å². The van der Waals surface area contributed by atoms with Crippen LogP contribution in [0, 0.1) is 5.92 Å². The summed E-state index contributed by atoms with van der Waals surface area (Å²) in [6, 6.07) is -0.226. The van der Waals surface area contributed by atoms with Crippen LogP contribution in [0.25, 0.3) is 0 Å². The van der Waals surface area contributed by atoms with E-state index in [4.69, 9.17) is 15.9 Å². The molecular weight excluding hydrogens is 158 g/mol. The maximum atomic E-state index is 10.2. The fraction of sp³-hybridized carbons (Fsp3) is 0.875. The summed E-state index contributed by atoms with van der Waals surface area (Å²) in [5.41, 5.74) is 5.59. The molecule has 0 aliphatic heterocycles. The topological polar surface area (TPSA) is 83.5 Å². The fourth-order valence-electron chi connectivity index (χ4n) is 1.09. The molecule has 4 heteroatoms. The van der Waals surface area contributed by atoms with Crippen LogP contribution in [-0.2, 0) is 4.79 Å². The van der Waals surface area contributed by atoms with Gasteiger partial charge in [-0.05, 0) is 18.8 Å². The van der Waals surface area contributed by atoms with E-state index in [2.05, 4.69) is 0 Å². The molecule has 0 bridgehead atoms. The minimum Gasteiger partial charge on any atom is -0.479 e. The average molecular weight is 175 g/mol. The molecule has 0 aliphatic rings. The van der Waals surface area contributed by atoms with Crippen molar-refractivity contribution >= 4 is 5.97 Å². The van der Waals surface area contributed by atoms with Gasteiger partial charge in [-0.2, -0.15) is 0 Å². The molecule has 12 heavy (non-hydrogen) atoms. The third kappa shape index (κ3) is 5.09. The summed E-state index contributed by atoms with van der Waals surface area (Å²) in [6.07, 6.45) is -0.448. The van der Waals surface area contributed by atoms with E-state index in [-0.39, 0.29) is 12.5 Å². The third-order valence-electron chi connectivity index (χ3n) is 1.59. The van der Waals surface area contributed by atoms with Crippen LogP contribution < -0.4 is 5.73 Å². The first-order chi connectivity index (χ1) is 5.43. The van der Waals surface area contributed by atoms with Gasteiger partial charge < -0.3 is 15.9 Å². The van der Waals surface area contributed by atoms with E-state index in [0.717, 1.165) is 6.42 Å². The molecule has 0 aromatic carbocycles. The Kier molecular flexibility index (Phi) is 4.85. The molecule has 0 aliphatic carbocycles. The van der Waals surface area contributed by atoms with Gasteiger partial charge in [0, 0.05) is 6.04 Å². The molecule has 2 atom stereocenters. The zero-order valence-corrected chi connectivity index (χ0v) is 7.53. The van der Waals surface area contributed by atoms with Crippen LogP contribution in [0.3, 0.4) is 0 Å². The monoisotopic (exact) mass is 175 g/mol. The molecule has 2 unspecified atom stereocenters. The van der Waals surface area contributed by atoms with Gasteiger partial charge in [0.05, 0.1) is 0 Å². The number of carboxylic acid groups (broad SMARTS) is 1. The first kappa shape index (κ1) is 11.4. The highest BCUT2D eigenvalue weighted by Crippen LogP contribution is 2.07. The summed E-state index contributed by atoms with van der Waals surface area (Å²) in [5.74, 6) is -0.768. The minimum atomic E-state index is -1.32. The van der Waals surface area contributed by atoms with Gasteiger partial charge in [0.25, 0.3) is 0 Å². The van der Waals surface area contributed by atoms with E-state index in [0.29, 0.717) is 5.92 Å². The highest BCUT2D eigenvalue weighted by atomic mass is 16.4. The van der Waals surface area contributed by atoms with Crippen molar-refractivity contribution in [2.24, 2.45) is 11.7 Å². The summed E-state index contributed by atoms with van der Waals surface area (Å²) in [7, 11) is 0. The van der Waals surface area contributed by atoms with Crippen LogP contribution in [0.15, 0.2) is 0 Å². The van der Waals surface area contributed by atoms with E-state index >= 15 is 0 Å². The summed E-state index contributed by atoms with van der Waals surface area (Å²) in [5, 5.41) is 17.3. The van der Waals surface area contributed by atoms with Crippen molar-refractivity contribution in [1.29, 1.82) is 0 Å².